The smallest absolute Gasteiger partial charge is 0.241 e. The lowest BCUT2D eigenvalue weighted by molar-refractivity contribution is -0.121. The second kappa shape index (κ2) is 11.6. The Labute approximate surface area is 244 Å². The molecule has 0 spiro atoms. The van der Waals surface area contributed by atoms with Crippen LogP contribution in [0.2, 0.25) is 0 Å². The van der Waals surface area contributed by atoms with Crippen LogP contribution in [0.25, 0.3) is 22.4 Å². The molecule has 0 radical (unpaired) electrons. The highest BCUT2D eigenvalue weighted by molar-refractivity contribution is 5.75. The van der Waals surface area contributed by atoms with Gasteiger partial charge in [-0.2, -0.15) is 15.3 Å². The molecule has 1 aliphatic carbocycles. The van der Waals surface area contributed by atoms with Crippen LogP contribution in [0.4, 0.5) is 11.8 Å². The number of carbonyl (C=O) groups is 1. The Balaban J connectivity index is 1.21. The summed E-state index contributed by atoms with van der Waals surface area (Å²) in [6.45, 7) is 1.52. The minimum Gasteiger partial charge on any atom is -0.353 e. The lowest BCUT2D eigenvalue weighted by atomic mass is 9.91. The summed E-state index contributed by atoms with van der Waals surface area (Å²) in [6, 6.07) is 10.4. The van der Waals surface area contributed by atoms with Crippen LogP contribution in [0, 0.1) is 0 Å². The van der Waals surface area contributed by atoms with E-state index < -0.39 is 0 Å². The number of likely N-dealkylation sites (N-methyl/N-ethyl adjacent to an activating group) is 1. The van der Waals surface area contributed by atoms with Crippen molar-refractivity contribution in [1.29, 1.82) is 0 Å². The molecule has 0 aliphatic heterocycles. The Morgan fingerprint density at radius 3 is 2.76 bits per heavy atom. The van der Waals surface area contributed by atoms with Gasteiger partial charge in [-0.3, -0.25) is 18.8 Å². The standard InChI is InChI=1S/C30H35N11O/c1-38(2)13-11-31-27(42)19-41-12-10-26(37-41)34-30-32-16-22-8-9-24-28(29(22)35-30)25(40(4)36-24)15-20-6-5-7-21(14-20)23-17-33-39(3)18-23/h5-7,10,12,14,16-18H,8-9,11,13,15,19H2,1-4H3,(H,31,42)(H,32,34,35,37). The molecule has 0 bridgehead atoms. The number of hydrogen-bond donors (Lipinski definition) is 2. The minimum absolute atomic E-state index is 0.0841. The van der Waals surface area contributed by atoms with E-state index in [0.717, 1.165) is 65.1 Å². The van der Waals surface area contributed by atoms with Crippen molar-refractivity contribution in [3.63, 3.8) is 0 Å². The Hall–Kier alpha value is -4.84. The predicted octanol–water partition coefficient (Wildman–Crippen LogP) is 2.58. The third kappa shape index (κ3) is 5.93. The van der Waals surface area contributed by atoms with Crippen LogP contribution in [0.1, 0.15) is 22.5 Å². The molecule has 0 fully saturated rings. The van der Waals surface area contributed by atoms with E-state index in [-0.39, 0.29) is 12.5 Å². The normalized spacial score (nSPS) is 12.3. The van der Waals surface area contributed by atoms with E-state index in [4.69, 9.17) is 10.1 Å². The summed E-state index contributed by atoms with van der Waals surface area (Å²) in [7, 11) is 7.87. The van der Waals surface area contributed by atoms with Crippen molar-refractivity contribution in [3.8, 4) is 22.4 Å². The molecule has 1 amide bonds. The maximum atomic E-state index is 12.2. The van der Waals surface area contributed by atoms with Gasteiger partial charge < -0.3 is 15.5 Å². The molecule has 6 rings (SSSR count). The summed E-state index contributed by atoms with van der Waals surface area (Å²) >= 11 is 0. The number of aromatic nitrogens is 8. The molecule has 12 nitrogen and oxygen atoms in total. The fourth-order valence-corrected chi connectivity index (χ4v) is 5.27. The van der Waals surface area contributed by atoms with E-state index in [1.807, 2.05) is 67.1 Å². The van der Waals surface area contributed by atoms with Gasteiger partial charge in [-0.05, 0) is 43.6 Å². The molecule has 0 unspecified atom stereocenters. The van der Waals surface area contributed by atoms with E-state index in [1.165, 1.54) is 5.56 Å². The van der Waals surface area contributed by atoms with Gasteiger partial charge in [0.1, 0.15) is 6.54 Å². The number of aryl methyl sites for hydroxylation is 4. The van der Waals surface area contributed by atoms with Crippen LogP contribution in [0.15, 0.2) is 55.1 Å². The van der Waals surface area contributed by atoms with E-state index >= 15 is 0 Å². The van der Waals surface area contributed by atoms with Crippen molar-refractivity contribution in [2.45, 2.75) is 25.8 Å². The molecule has 4 heterocycles. The molecular formula is C30H35N11O. The summed E-state index contributed by atoms with van der Waals surface area (Å²) in [4.78, 5) is 23.8. The van der Waals surface area contributed by atoms with Crippen LogP contribution in [0.5, 0.6) is 0 Å². The monoisotopic (exact) mass is 565 g/mol. The third-order valence-electron chi connectivity index (χ3n) is 7.38. The minimum atomic E-state index is -0.0841. The summed E-state index contributed by atoms with van der Waals surface area (Å²) < 4.78 is 5.40. The molecule has 0 saturated heterocycles. The van der Waals surface area contributed by atoms with E-state index in [9.17, 15) is 4.79 Å². The largest absolute Gasteiger partial charge is 0.353 e. The Kier molecular flexibility index (Phi) is 7.53. The molecule has 4 aromatic heterocycles. The average molecular weight is 566 g/mol. The first kappa shape index (κ1) is 27.3. The Morgan fingerprint density at radius 1 is 1.07 bits per heavy atom. The first-order valence-corrected chi connectivity index (χ1v) is 14.0. The molecule has 0 saturated carbocycles. The SMILES string of the molecule is CN(C)CCNC(=O)Cn1ccc(Nc2ncc3c(n2)-c2c(nn(C)c2Cc2cccc(-c4cnn(C)c4)c2)CC3)n1. The van der Waals surface area contributed by atoms with Gasteiger partial charge in [-0.25, -0.2) is 9.97 Å². The van der Waals surface area contributed by atoms with Crippen molar-refractivity contribution < 1.29 is 4.79 Å². The van der Waals surface area contributed by atoms with Gasteiger partial charge in [0.25, 0.3) is 0 Å². The molecule has 2 N–H and O–H groups in total. The lowest BCUT2D eigenvalue weighted by Crippen LogP contribution is -2.33. The van der Waals surface area contributed by atoms with E-state index in [0.29, 0.717) is 18.3 Å². The van der Waals surface area contributed by atoms with Gasteiger partial charge in [0, 0.05) is 69.4 Å². The highest BCUT2D eigenvalue weighted by Gasteiger charge is 2.26. The molecule has 5 aromatic rings. The second-order valence-corrected chi connectivity index (χ2v) is 10.9. The number of amides is 1. The number of rotatable bonds is 10. The molecule has 216 valence electrons. The molecule has 42 heavy (non-hydrogen) atoms. The molecule has 12 heteroatoms. The highest BCUT2D eigenvalue weighted by atomic mass is 16.2. The maximum absolute atomic E-state index is 12.2. The van der Waals surface area contributed by atoms with Gasteiger partial charge in [-0.1, -0.05) is 24.3 Å². The number of hydrogen-bond acceptors (Lipinski definition) is 8. The van der Waals surface area contributed by atoms with Gasteiger partial charge in [0.2, 0.25) is 11.9 Å². The van der Waals surface area contributed by atoms with Crippen LogP contribution in [-0.4, -0.2) is 77.3 Å². The quantitative estimate of drug-likeness (QED) is 0.265. The number of nitrogens with one attached hydrogen (secondary N) is 2. The van der Waals surface area contributed by atoms with Gasteiger partial charge in [0.15, 0.2) is 5.82 Å². The Morgan fingerprint density at radius 2 is 1.95 bits per heavy atom. The summed E-state index contributed by atoms with van der Waals surface area (Å²) in [5.74, 6) is 0.945. The Bertz CT molecular complexity index is 1730. The fraction of sp³-hybridized carbons (Fsp3) is 0.333. The van der Waals surface area contributed by atoms with E-state index in [2.05, 4.69) is 50.1 Å². The average Bonchev–Trinajstić information content (AvgIpc) is 3.67. The third-order valence-corrected chi connectivity index (χ3v) is 7.38. The van der Waals surface area contributed by atoms with Gasteiger partial charge in [-0.15, -0.1) is 0 Å². The van der Waals surface area contributed by atoms with Gasteiger partial charge >= 0.3 is 0 Å². The highest BCUT2D eigenvalue weighted by Crippen LogP contribution is 2.36. The topological polar surface area (TPSA) is 124 Å². The predicted molar refractivity (Wildman–Crippen MR) is 160 cm³/mol. The number of carbonyl (C=O) groups excluding carboxylic acids is 1. The summed E-state index contributed by atoms with van der Waals surface area (Å²) in [5, 5.41) is 19.8. The molecular weight excluding hydrogens is 530 g/mol. The zero-order valence-corrected chi connectivity index (χ0v) is 24.4. The van der Waals surface area contributed by atoms with Gasteiger partial charge in [0.05, 0.1) is 23.3 Å². The van der Waals surface area contributed by atoms with Crippen molar-refractivity contribution in [2.75, 3.05) is 32.5 Å². The fourth-order valence-electron chi connectivity index (χ4n) is 5.27. The number of benzene rings is 1. The van der Waals surface area contributed by atoms with Crippen LogP contribution in [-0.2, 0) is 44.7 Å². The van der Waals surface area contributed by atoms with Crippen molar-refractivity contribution >= 4 is 17.7 Å². The summed E-state index contributed by atoms with van der Waals surface area (Å²) in [5.41, 5.74) is 8.67. The first-order valence-electron chi connectivity index (χ1n) is 14.0. The molecule has 1 aliphatic rings. The zero-order valence-electron chi connectivity index (χ0n) is 24.4. The number of anilines is 2. The molecule has 1 aromatic carbocycles. The number of fused-ring (bicyclic) bond motifs is 3. The van der Waals surface area contributed by atoms with Crippen LogP contribution < -0.4 is 10.6 Å². The lowest BCUT2D eigenvalue weighted by Gasteiger charge is -2.17. The second-order valence-electron chi connectivity index (χ2n) is 10.9. The number of nitrogens with zero attached hydrogens (tertiary/aromatic N) is 9. The maximum Gasteiger partial charge on any atom is 0.241 e. The first-order chi connectivity index (χ1) is 20.3. The van der Waals surface area contributed by atoms with Crippen LogP contribution in [0.3, 0.4) is 0 Å². The zero-order chi connectivity index (χ0) is 29.2. The van der Waals surface area contributed by atoms with Crippen molar-refractivity contribution in [1.82, 2.24) is 49.5 Å². The molecule has 0 atom stereocenters. The van der Waals surface area contributed by atoms with Crippen molar-refractivity contribution in [3.05, 3.63) is 77.6 Å². The van der Waals surface area contributed by atoms with E-state index in [1.54, 1.807) is 10.9 Å². The van der Waals surface area contributed by atoms with Crippen molar-refractivity contribution in [2.24, 2.45) is 14.1 Å². The summed E-state index contributed by atoms with van der Waals surface area (Å²) in [6.07, 6.45) is 9.98. The van der Waals surface area contributed by atoms with Crippen LogP contribution >= 0.6 is 0 Å².